The summed E-state index contributed by atoms with van der Waals surface area (Å²) in [7, 11) is -4.01. The first-order chi connectivity index (χ1) is 9.88. The number of ether oxygens (including phenoxy) is 1. The van der Waals surface area contributed by atoms with Gasteiger partial charge in [-0.15, -0.1) is 0 Å². The van der Waals surface area contributed by atoms with Crippen molar-refractivity contribution in [2.75, 3.05) is 0 Å². The Labute approximate surface area is 123 Å². The summed E-state index contributed by atoms with van der Waals surface area (Å²) >= 11 is 0. The van der Waals surface area contributed by atoms with E-state index in [1.54, 1.807) is 18.2 Å². The first-order valence-corrected chi connectivity index (χ1v) is 7.78. The molecule has 0 bridgehead atoms. The number of rotatable bonds is 5. The quantitative estimate of drug-likeness (QED) is 0.860. The highest BCUT2D eigenvalue weighted by molar-refractivity contribution is 7.87. The van der Waals surface area contributed by atoms with Gasteiger partial charge in [0.1, 0.15) is 22.1 Å². The minimum Gasteiger partial charge on any atom is -0.508 e. The molecule has 2 aromatic rings. The van der Waals surface area contributed by atoms with Crippen molar-refractivity contribution in [3.05, 3.63) is 48.5 Å². The minimum absolute atomic E-state index is 0.0308. The lowest BCUT2D eigenvalue weighted by molar-refractivity contribution is 0.235. The maximum atomic E-state index is 12.3. The Kier molecular flexibility index (Phi) is 4.37. The van der Waals surface area contributed by atoms with Gasteiger partial charge in [-0.3, -0.25) is 0 Å². The highest BCUT2D eigenvalue weighted by atomic mass is 32.2. The second-order valence-electron chi connectivity index (χ2n) is 4.64. The van der Waals surface area contributed by atoms with Crippen molar-refractivity contribution >= 4 is 10.1 Å². The van der Waals surface area contributed by atoms with Crippen LogP contribution in [0.5, 0.6) is 17.2 Å². The summed E-state index contributed by atoms with van der Waals surface area (Å²) in [5.74, 6) is 0.390. The maximum Gasteiger partial charge on any atom is 0.342 e. The molecular weight excluding hydrogens is 292 g/mol. The molecule has 0 unspecified atom stereocenters. The van der Waals surface area contributed by atoms with E-state index in [4.69, 9.17) is 8.92 Å². The summed E-state index contributed by atoms with van der Waals surface area (Å²) in [5, 5.41) is 9.19. The average molecular weight is 308 g/mol. The lowest BCUT2D eigenvalue weighted by Gasteiger charge is -2.14. The largest absolute Gasteiger partial charge is 0.508 e. The Morgan fingerprint density at radius 3 is 2.24 bits per heavy atom. The van der Waals surface area contributed by atoms with E-state index in [0.717, 1.165) is 0 Å². The molecule has 0 amide bonds. The van der Waals surface area contributed by atoms with Gasteiger partial charge in [0.15, 0.2) is 0 Å². The van der Waals surface area contributed by atoms with Crippen LogP contribution in [-0.4, -0.2) is 19.6 Å². The normalized spacial score (nSPS) is 11.4. The molecule has 0 aromatic heterocycles. The smallest absolute Gasteiger partial charge is 0.342 e. The monoisotopic (exact) mass is 308 g/mol. The number of aromatic hydroxyl groups is 1. The van der Waals surface area contributed by atoms with E-state index in [2.05, 4.69) is 0 Å². The van der Waals surface area contributed by atoms with Gasteiger partial charge in [0.25, 0.3) is 0 Å². The second kappa shape index (κ2) is 6.05. The van der Waals surface area contributed by atoms with Gasteiger partial charge in [0.2, 0.25) is 0 Å². The van der Waals surface area contributed by atoms with Gasteiger partial charge in [-0.2, -0.15) is 8.42 Å². The molecule has 0 radical (unpaired) electrons. The molecule has 112 valence electrons. The number of hydrogen-bond donors (Lipinski definition) is 1. The van der Waals surface area contributed by atoms with Crippen LogP contribution in [0.4, 0.5) is 0 Å². The Balaban J connectivity index is 2.33. The minimum atomic E-state index is -4.01. The molecule has 6 heteroatoms. The predicted molar refractivity (Wildman–Crippen MR) is 78.1 cm³/mol. The fourth-order valence-corrected chi connectivity index (χ4v) is 2.74. The molecule has 0 aliphatic heterocycles. The van der Waals surface area contributed by atoms with Gasteiger partial charge in [-0.05, 0) is 50.2 Å². The molecule has 0 saturated carbocycles. The molecule has 0 saturated heterocycles. The van der Waals surface area contributed by atoms with Crippen molar-refractivity contribution < 1.29 is 22.4 Å². The molecule has 0 aliphatic carbocycles. The fourth-order valence-electron chi connectivity index (χ4n) is 1.68. The van der Waals surface area contributed by atoms with Crippen LogP contribution >= 0.6 is 0 Å². The van der Waals surface area contributed by atoms with Gasteiger partial charge in [0, 0.05) is 0 Å². The van der Waals surface area contributed by atoms with Crippen LogP contribution in [0.1, 0.15) is 13.8 Å². The lowest BCUT2D eigenvalue weighted by Crippen LogP contribution is -2.14. The molecule has 0 atom stereocenters. The SMILES string of the molecule is CC(C)Oc1ccccc1S(=O)(=O)Oc1ccc(O)cc1. The fraction of sp³-hybridized carbons (Fsp3) is 0.200. The maximum absolute atomic E-state index is 12.3. The van der Waals surface area contributed by atoms with Crippen LogP contribution in [0.2, 0.25) is 0 Å². The van der Waals surface area contributed by atoms with Crippen molar-refractivity contribution in [3.63, 3.8) is 0 Å². The topological polar surface area (TPSA) is 72.8 Å². The molecule has 5 nitrogen and oxygen atoms in total. The zero-order valence-corrected chi connectivity index (χ0v) is 12.5. The number of phenols is 1. The summed E-state index contributed by atoms with van der Waals surface area (Å²) in [5.41, 5.74) is 0. The zero-order valence-electron chi connectivity index (χ0n) is 11.7. The molecule has 0 heterocycles. The third-order valence-corrected chi connectivity index (χ3v) is 3.81. The molecule has 1 N–H and O–H groups in total. The molecule has 0 spiro atoms. The van der Waals surface area contributed by atoms with E-state index in [1.165, 1.54) is 30.3 Å². The summed E-state index contributed by atoms with van der Waals surface area (Å²) in [6.07, 6.45) is -0.157. The Hall–Kier alpha value is -2.21. The van der Waals surface area contributed by atoms with Gasteiger partial charge >= 0.3 is 10.1 Å². The van der Waals surface area contributed by atoms with E-state index in [-0.39, 0.29) is 28.2 Å². The van der Waals surface area contributed by atoms with Gasteiger partial charge in [-0.25, -0.2) is 0 Å². The average Bonchev–Trinajstić information content (AvgIpc) is 2.41. The Morgan fingerprint density at radius 2 is 1.62 bits per heavy atom. The number of phenolic OH excluding ortho intramolecular Hbond substituents is 1. The van der Waals surface area contributed by atoms with Crippen molar-refractivity contribution in [2.45, 2.75) is 24.8 Å². The van der Waals surface area contributed by atoms with E-state index in [0.29, 0.717) is 0 Å². The van der Waals surface area contributed by atoms with Crippen LogP contribution in [-0.2, 0) is 10.1 Å². The Morgan fingerprint density at radius 1 is 1.00 bits per heavy atom. The lowest BCUT2D eigenvalue weighted by atomic mass is 10.3. The first kappa shape index (κ1) is 15.2. The van der Waals surface area contributed by atoms with Crippen molar-refractivity contribution in [1.29, 1.82) is 0 Å². The third-order valence-electron chi connectivity index (χ3n) is 2.52. The van der Waals surface area contributed by atoms with Crippen LogP contribution in [0.15, 0.2) is 53.4 Å². The standard InChI is InChI=1S/C15H16O5S/c1-11(2)19-14-5-3-4-6-15(14)21(17,18)20-13-9-7-12(16)8-10-13/h3-11,16H,1-2H3. The molecule has 2 rings (SSSR count). The van der Waals surface area contributed by atoms with Crippen LogP contribution < -0.4 is 8.92 Å². The first-order valence-electron chi connectivity index (χ1n) is 6.38. The van der Waals surface area contributed by atoms with Crippen LogP contribution in [0.3, 0.4) is 0 Å². The van der Waals surface area contributed by atoms with Crippen LogP contribution in [0, 0.1) is 0 Å². The number of hydrogen-bond acceptors (Lipinski definition) is 5. The van der Waals surface area contributed by atoms with E-state index >= 15 is 0 Å². The summed E-state index contributed by atoms with van der Waals surface area (Å²) in [4.78, 5) is -0.0354. The number of para-hydroxylation sites is 1. The highest BCUT2D eigenvalue weighted by Gasteiger charge is 2.22. The summed E-state index contributed by atoms with van der Waals surface area (Å²) in [6, 6.07) is 11.7. The van der Waals surface area contributed by atoms with Gasteiger partial charge < -0.3 is 14.0 Å². The summed E-state index contributed by atoms with van der Waals surface area (Å²) in [6.45, 7) is 3.62. The molecule has 2 aromatic carbocycles. The number of benzene rings is 2. The van der Waals surface area contributed by atoms with Gasteiger partial charge in [-0.1, -0.05) is 12.1 Å². The molecule has 0 fully saturated rings. The van der Waals surface area contributed by atoms with Crippen LogP contribution in [0.25, 0.3) is 0 Å². The van der Waals surface area contributed by atoms with Crippen molar-refractivity contribution in [2.24, 2.45) is 0 Å². The van der Waals surface area contributed by atoms with E-state index in [9.17, 15) is 13.5 Å². The van der Waals surface area contributed by atoms with Crippen molar-refractivity contribution in [3.8, 4) is 17.2 Å². The van der Waals surface area contributed by atoms with Gasteiger partial charge in [0.05, 0.1) is 6.10 Å². The predicted octanol–water partition coefficient (Wildman–Crippen LogP) is 2.95. The van der Waals surface area contributed by atoms with E-state index in [1.807, 2.05) is 13.8 Å². The van der Waals surface area contributed by atoms with Crippen molar-refractivity contribution in [1.82, 2.24) is 0 Å². The summed E-state index contributed by atoms with van der Waals surface area (Å²) < 4.78 is 35.2. The molecular formula is C15H16O5S. The molecule has 0 aliphatic rings. The zero-order chi connectivity index (χ0) is 15.5. The third kappa shape index (κ3) is 3.88. The second-order valence-corrected chi connectivity index (χ2v) is 6.16. The highest BCUT2D eigenvalue weighted by Crippen LogP contribution is 2.28. The Bertz CT molecular complexity index is 705. The molecule has 21 heavy (non-hydrogen) atoms. The van der Waals surface area contributed by atoms with E-state index < -0.39 is 10.1 Å².